The van der Waals surface area contributed by atoms with Crippen molar-refractivity contribution in [2.24, 2.45) is 7.05 Å². The van der Waals surface area contributed by atoms with Crippen molar-refractivity contribution in [2.45, 2.75) is 13.0 Å². The molecule has 0 radical (unpaired) electrons. The van der Waals surface area contributed by atoms with Crippen LogP contribution >= 0.6 is 0 Å². The Bertz CT molecular complexity index is 309. The fourth-order valence-corrected chi connectivity index (χ4v) is 1.14. The Hall–Kier alpha value is -1.36. The number of hydrogen-bond donors (Lipinski definition) is 1. The van der Waals surface area contributed by atoms with E-state index in [1.165, 1.54) is 6.20 Å². The minimum Gasteiger partial charge on any atom is -0.383 e. The summed E-state index contributed by atoms with van der Waals surface area (Å²) in [7, 11) is 3.38. The molecule has 0 bridgehead atoms. The molecule has 1 N–H and O–H groups in total. The number of ether oxygens (including phenoxy) is 1. The molecule has 0 aliphatic rings. The number of aromatic nitrogens is 2. The summed E-state index contributed by atoms with van der Waals surface area (Å²) in [6, 6.07) is 0.00714. The fraction of sp³-hybridized carbons (Fsp3) is 0.556. The van der Waals surface area contributed by atoms with E-state index >= 15 is 0 Å². The average Bonchev–Trinajstić information content (AvgIpc) is 2.52. The second-order valence-corrected chi connectivity index (χ2v) is 3.23. The monoisotopic (exact) mass is 197 g/mol. The number of nitrogens with one attached hydrogen (secondary N) is 1. The zero-order chi connectivity index (χ0) is 10.6. The maximum atomic E-state index is 11.5. The summed E-state index contributed by atoms with van der Waals surface area (Å²) < 4.78 is 6.50. The lowest BCUT2D eigenvalue weighted by Crippen LogP contribution is -2.35. The van der Waals surface area contributed by atoms with E-state index in [4.69, 9.17) is 4.74 Å². The number of rotatable bonds is 4. The molecule has 1 heterocycles. The van der Waals surface area contributed by atoms with E-state index in [0.717, 1.165) is 0 Å². The van der Waals surface area contributed by atoms with Crippen molar-refractivity contribution < 1.29 is 9.53 Å². The third kappa shape index (κ3) is 2.85. The number of amides is 1. The van der Waals surface area contributed by atoms with Gasteiger partial charge in [0.2, 0.25) is 0 Å². The van der Waals surface area contributed by atoms with Gasteiger partial charge in [-0.05, 0) is 6.92 Å². The molecule has 5 nitrogen and oxygen atoms in total. The second-order valence-electron chi connectivity index (χ2n) is 3.23. The quantitative estimate of drug-likeness (QED) is 0.749. The number of aryl methyl sites for hydroxylation is 1. The van der Waals surface area contributed by atoms with Gasteiger partial charge < -0.3 is 10.1 Å². The zero-order valence-electron chi connectivity index (χ0n) is 8.65. The van der Waals surface area contributed by atoms with Crippen LogP contribution in [-0.4, -0.2) is 35.4 Å². The fourth-order valence-electron chi connectivity index (χ4n) is 1.14. The Kier molecular flexibility index (Phi) is 3.64. The highest BCUT2D eigenvalue weighted by molar-refractivity contribution is 5.93. The molecule has 5 heteroatoms. The van der Waals surface area contributed by atoms with Crippen LogP contribution in [-0.2, 0) is 11.8 Å². The maximum Gasteiger partial charge on any atom is 0.254 e. The third-order valence-corrected chi connectivity index (χ3v) is 1.76. The highest BCUT2D eigenvalue weighted by Gasteiger charge is 2.10. The van der Waals surface area contributed by atoms with Gasteiger partial charge in [-0.1, -0.05) is 0 Å². The van der Waals surface area contributed by atoms with E-state index in [0.29, 0.717) is 12.2 Å². The molecule has 0 aliphatic carbocycles. The smallest absolute Gasteiger partial charge is 0.254 e. The first kappa shape index (κ1) is 10.7. The number of hydrogen-bond acceptors (Lipinski definition) is 3. The van der Waals surface area contributed by atoms with Crippen molar-refractivity contribution in [3.8, 4) is 0 Å². The predicted octanol–water partition coefficient (Wildman–Crippen LogP) is 0.185. The van der Waals surface area contributed by atoms with Crippen molar-refractivity contribution in [1.82, 2.24) is 15.1 Å². The predicted molar refractivity (Wildman–Crippen MR) is 52.0 cm³/mol. The number of nitrogens with zero attached hydrogens (tertiary/aromatic N) is 2. The van der Waals surface area contributed by atoms with Crippen LogP contribution in [0.15, 0.2) is 12.4 Å². The lowest BCUT2D eigenvalue weighted by Gasteiger charge is -2.11. The first-order valence-corrected chi connectivity index (χ1v) is 4.42. The van der Waals surface area contributed by atoms with Gasteiger partial charge in [-0.2, -0.15) is 5.10 Å². The standard InChI is InChI=1S/C9H15N3O2/c1-7(6-14-3)11-9(13)8-4-10-12(2)5-8/h4-5,7H,6H2,1-3H3,(H,11,13). The Balaban J connectivity index is 2.50. The highest BCUT2D eigenvalue weighted by atomic mass is 16.5. The minimum absolute atomic E-state index is 0.00714. The Morgan fingerprint density at radius 1 is 1.79 bits per heavy atom. The van der Waals surface area contributed by atoms with Crippen LogP contribution in [0.2, 0.25) is 0 Å². The van der Waals surface area contributed by atoms with Gasteiger partial charge in [0.15, 0.2) is 0 Å². The summed E-state index contributed by atoms with van der Waals surface area (Å²) in [6.45, 7) is 2.39. The highest BCUT2D eigenvalue weighted by Crippen LogP contribution is 1.96. The average molecular weight is 197 g/mol. The summed E-state index contributed by atoms with van der Waals surface area (Å²) in [5, 5.41) is 6.71. The number of methoxy groups -OCH3 is 1. The summed E-state index contributed by atoms with van der Waals surface area (Å²) in [5.41, 5.74) is 0.565. The maximum absolute atomic E-state index is 11.5. The normalized spacial score (nSPS) is 12.5. The molecule has 1 unspecified atom stereocenters. The summed E-state index contributed by atoms with van der Waals surface area (Å²) in [5.74, 6) is -0.123. The van der Waals surface area contributed by atoms with E-state index < -0.39 is 0 Å². The van der Waals surface area contributed by atoms with Crippen LogP contribution in [0.4, 0.5) is 0 Å². The molecule has 0 spiro atoms. The lowest BCUT2D eigenvalue weighted by molar-refractivity contribution is 0.0905. The molecular weight excluding hydrogens is 182 g/mol. The van der Waals surface area contributed by atoms with Crippen LogP contribution in [0.25, 0.3) is 0 Å². The van der Waals surface area contributed by atoms with E-state index in [9.17, 15) is 4.79 Å². The van der Waals surface area contributed by atoms with Crippen molar-refractivity contribution in [3.63, 3.8) is 0 Å². The van der Waals surface area contributed by atoms with Crippen molar-refractivity contribution in [1.29, 1.82) is 0 Å². The van der Waals surface area contributed by atoms with Crippen molar-refractivity contribution in [3.05, 3.63) is 18.0 Å². The molecule has 1 amide bonds. The number of carbonyl (C=O) groups is 1. The largest absolute Gasteiger partial charge is 0.383 e. The minimum atomic E-state index is -0.123. The summed E-state index contributed by atoms with van der Waals surface area (Å²) in [4.78, 5) is 11.5. The molecule has 0 saturated heterocycles. The summed E-state index contributed by atoms with van der Waals surface area (Å²) >= 11 is 0. The first-order valence-electron chi connectivity index (χ1n) is 4.42. The van der Waals surface area contributed by atoms with Crippen LogP contribution < -0.4 is 5.32 Å². The molecule has 1 rings (SSSR count). The molecule has 1 atom stereocenters. The van der Waals surface area contributed by atoms with E-state index in [-0.39, 0.29) is 11.9 Å². The molecular formula is C9H15N3O2. The van der Waals surface area contributed by atoms with Gasteiger partial charge in [0, 0.05) is 26.4 Å². The lowest BCUT2D eigenvalue weighted by atomic mass is 10.3. The van der Waals surface area contributed by atoms with Gasteiger partial charge in [0.05, 0.1) is 18.4 Å². The van der Waals surface area contributed by atoms with Gasteiger partial charge in [-0.3, -0.25) is 9.48 Å². The van der Waals surface area contributed by atoms with Crippen molar-refractivity contribution in [2.75, 3.05) is 13.7 Å². The molecule has 0 fully saturated rings. The topological polar surface area (TPSA) is 56.1 Å². The number of carbonyl (C=O) groups excluding carboxylic acids is 1. The van der Waals surface area contributed by atoms with E-state index in [1.807, 2.05) is 6.92 Å². The first-order chi connectivity index (χ1) is 6.63. The van der Waals surface area contributed by atoms with Gasteiger partial charge >= 0.3 is 0 Å². The Morgan fingerprint density at radius 3 is 3.00 bits per heavy atom. The molecule has 78 valence electrons. The summed E-state index contributed by atoms with van der Waals surface area (Å²) in [6.07, 6.45) is 3.21. The van der Waals surface area contributed by atoms with Gasteiger partial charge in [0.1, 0.15) is 0 Å². The molecule has 14 heavy (non-hydrogen) atoms. The Morgan fingerprint density at radius 2 is 2.50 bits per heavy atom. The zero-order valence-corrected chi connectivity index (χ0v) is 8.65. The van der Waals surface area contributed by atoms with Gasteiger partial charge in [0.25, 0.3) is 5.91 Å². The molecule has 0 aromatic carbocycles. The molecule has 1 aromatic heterocycles. The third-order valence-electron chi connectivity index (χ3n) is 1.76. The van der Waals surface area contributed by atoms with Crippen LogP contribution in [0.5, 0.6) is 0 Å². The second kappa shape index (κ2) is 4.76. The van der Waals surface area contributed by atoms with Crippen LogP contribution in [0.1, 0.15) is 17.3 Å². The van der Waals surface area contributed by atoms with E-state index in [1.54, 1.807) is 25.0 Å². The SMILES string of the molecule is COCC(C)NC(=O)c1cnn(C)c1. The van der Waals surface area contributed by atoms with Crippen LogP contribution in [0.3, 0.4) is 0 Å². The molecule has 0 aliphatic heterocycles. The Labute approximate surface area is 83.1 Å². The molecule has 1 aromatic rings. The van der Waals surface area contributed by atoms with Gasteiger partial charge in [-0.25, -0.2) is 0 Å². The van der Waals surface area contributed by atoms with Gasteiger partial charge in [-0.15, -0.1) is 0 Å². The van der Waals surface area contributed by atoms with Crippen LogP contribution in [0, 0.1) is 0 Å². The van der Waals surface area contributed by atoms with Crippen molar-refractivity contribution >= 4 is 5.91 Å². The van der Waals surface area contributed by atoms with E-state index in [2.05, 4.69) is 10.4 Å². The molecule has 0 saturated carbocycles.